The standard InChI is InChI=1S/C11H15N5O3S/c1-16(6-11-13-7-14-15-11)20(17,18)10-4-3-8(12)5-9(10)19-2/h3-5,7H,6,12H2,1-2H3,(H,13,14,15). The first-order valence-electron chi connectivity index (χ1n) is 5.69. The zero-order valence-electron chi connectivity index (χ0n) is 11.1. The highest BCUT2D eigenvalue weighted by molar-refractivity contribution is 7.89. The van der Waals surface area contributed by atoms with Crippen molar-refractivity contribution in [1.82, 2.24) is 19.5 Å². The molecule has 1 heterocycles. The summed E-state index contributed by atoms with van der Waals surface area (Å²) in [6.07, 6.45) is 1.32. The largest absolute Gasteiger partial charge is 0.495 e. The third-order valence-corrected chi connectivity index (χ3v) is 4.56. The van der Waals surface area contributed by atoms with E-state index in [0.717, 1.165) is 4.31 Å². The summed E-state index contributed by atoms with van der Waals surface area (Å²) in [6.45, 7) is 0.0792. The van der Waals surface area contributed by atoms with Gasteiger partial charge in [-0.3, -0.25) is 5.10 Å². The number of anilines is 1. The van der Waals surface area contributed by atoms with Crippen LogP contribution >= 0.6 is 0 Å². The van der Waals surface area contributed by atoms with Crippen LogP contribution in [0.4, 0.5) is 5.69 Å². The topological polar surface area (TPSA) is 114 Å². The Morgan fingerprint density at radius 2 is 2.20 bits per heavy atom. The molecule has 108 valence electrons. The second-order valence-corrected chi connectivity index (χ2v) is 6.12. The fourth-order valence-corrected chi connectivity index (χ4v) is 2.93. The Hall–Kier alpha value is -2.13. The van der Waals surface area contributed by atoms with Crippen LogP contribution in [-0.2, 0) is 16.6 Å². The molecule has 0 aliphatic carbocycles. The summed E-state index contributed by atoms with van der Waals surface area (Å²) in [5.41, 5.74) is 6.05. The van der Waals surface area contributed by atoms with Gasteiger partial charge in [-0.2, -0.15) is 9.40 Å². The molecule has 0 aliphatic rings. The first kappa shape index (κ1) is 14.3. The molecule has 9 heteroatoms. The summed E-state index contributed by atoms with van der Waals surface area (Å²) in [7, 11) is -0.864. The lowest BCUT2D eigenvalue weighted by Crippen LogP contribution is -2.27. The minimum absolute atomic E-state index is 0.0521. The van der Waals surface area contributed by atoms with Gasteiger partial charge in [0.2, 0.25) is 10.0 Å². The maximum absolute atomic E-state index is 12.5. The van der Waals surface area contributed by atoms with Gasteiger partial charge >= 0.3 is 0 Å². The Kier molecular flexibility index (Phi) is 3.91. The number of methoxy groups -OCH3 is 1. The van der Waals surface area contributed by atoms with Crippen molar-refractivity contribution in [3.8, 4) is 5.75 Å². The highest BCUT2D eigenvalue weighted by Gasteiger charge is 2.25. The summed E-state index contributed by atoms with van der Waals surface area (Å²) in [6, 6.07) is 4.40. The number of nitrogens with two attached hydrogens (primary N) is 1. The lowest BCUT2D eigenvalue weighted by atomic mass is 10.3. The summed E-state index contributed by atoms with van der Waals surface area (Å²) < 4.78 is 31.2. The highest BCUT2D eigenvalue weighted by atomic mass is 32.2. The van der Waals surface area contributed by atoms with E-state index >= 15 is 0 Å². The number of rotatable bonds is 5. The van der Waals surface area contributed by atoms with E-state index in [2.05, 4.69) is 15.2 Å². The Labute approximate surface area is 116 Å². The van der Waals surface area contributed by atoms with Crippen molar-refractivity contribution in [3.05, 3.63) is 30.4 Å². The molecule has 2 aromatic rings. The number of H-pyrrole nitrogens is 1. The second kappa shape index (κ2) is 5.47. The van der Waals surface area contributed by atoms with Crippen LogP contribution in [0.2, 0.25) is 0 Å². The molecule has 0 saturated heterocycles. The number of hydrogen-bond acceptors (Lipinski definition) is 6. The van der Waals surface area contributed by atoms with Crippen molar-refractivity contribution in [2.75, 3.05) is 19.9 Å². The van der Waals surface area contributed by atoms with Gasteiger partial charge in [-0.1, -0.05) is 0 Å². The number of sulfonamides is 1. The zero-order valence-corrected chi connectivity index (χ0v) is 11.9. The number of aromatic amines is 1. The summed E-state index contributed by atoms with van der Waals surface area (Å²) in [5.74, 6) is 0.653. The Morgan fingerprint density at radius 1 is 1.45 bits per heavy atom. The molecule has 1 aromatic heterocycles. The van der Waals surface area contributed by atoms with Crippen LogP contribution in [0.5, 0.6) is 5.75 Å². The zero-order chi connectivity index (χ0) is 14.8. The maximum Gasteiger partial charge on any atom is 0.246 e. The SMILES string of the molecule is COc1cc(N)ccc1S(=O)(=O)N(C)Cc1ncn[nH]1. The van der Waals surface area contributed by atoms with E-state index in [1.54, 1.807) is 0 Å². The van der Waals surface area contributed by atoms with Crippen molar-refractivity contribution >= 4 is 15.7 Å². The van der Waals surface area contributed by atoms with Crippen LogP contribution in [0.1, 0.15) is 5.82 Å². The molecular formula is C11H15N5O3S. The fourth-order valence-electron chi connectivity index (χ4n) is 1.67. The molecule has 0 spiro atoms. The molecule has 0 unspecified atom stereocenters. The molecule has 3 N–H and O–H groups in total. The number of ether oxygens (including phenoxy) is 1. The maximum atomic E-state index is 12.5. The molecule has 0 amide bonds. The van der Waals surface area contributed by atoms with Gasteiger partial charge in [-0.15, -0.1) is 0 Å². The molecule has 8 nitrogen and oxygen atoms in total. The lowest BCUT2D eigenvalue weighted by Gasteiger charge is -2.17. The van der Waals surface area contributed by atoms with Gasteiger partial charge in [0.15, 0.2) is 0 Å². The van der Waals surface area contributed by atoms with E-state index in [-0.39, 0.29) is 17.2 Å². The number of aromatic nitrogens is 3. The molecule has 0 radical (unpaired) electrons. The predicted octanol–water partition coefficient (Wildman–Crippen LogP) is 0.216. The monoisotopic (exact) mass is 297 g/mol. The first-order chi connectivity index (χ1) is 9.45. The van der Waals surface area contributed by atoms with Crippen LogP contribution in [0, 0.1) is 0 Å². The van der Waals surface area contributed by atoms with Crippen LogP contribution < -0.4 is 10.5 Å². The minimum atomic E-state index is -3.71. The van der Waals surface area contributed by atoms with Crippen molar-refractivity contribution in [3.63, 3.8) is 0 Å². The summed E-state index contributed by atoms with van der Waals surface area (Å²) in [5, 5.41) is 6.29. The Bertz CT molecular complexity index is 684. The Balaban J connectivity index is 2.34. The van der Waals surface area contributed by atoms with Crippen LogP contribution in [0.15, 0.2) is 29.4 Å². The van der Waals surface area contributed by atoms with Crippen LogP contribution in [0.3, 0.4) is 0 Å². The van der Waals surface area contributed by atoms with E-state index in [1.807, 2.05) is 0 Å². The number of nitrogens with zero attached hydrogens (tertiary/aromatic N) is 3. The number of benzene rings is 1. The quantitative estimate of drug-likeness (QED) is 0.763. The van der Waals surface area contributed by atoms with Gasteiger partial charge in [0.25, 0.3) is 0 Å². The van der Waals surface area contributed by atoms with Crippen molar-refractivity contribution < 1.29 is 13.2 Å². The molecular weight excluding hydrogens is 282 g/mol. The van der Waals surface area contributed by atoms with Gasteiger partial charge in [0.1, 0.15) is 22.8 Å². The van der Waals surface area contributed by atoms with Crippen molar-refractivity contribution in [1.29, 1.82) is 0 Å². The summed E-state index contributed by atoms with van der Waals surface area (Å²) >= 11 is 0. The lowest BCUT2D eigenvalue weighted by molar-refractivity contribution is 0.397. The van der Waals surface area contributed by atoms with Gasteiger partial charge in [0, 0.05) is 18.8 Å². The van der Waals surface area contributed by atoms with Gasteiger partial charge < -0.3 is 10.5 Å². The van der Waals surface area contributed by atoms with E-state index in [1.165, 1.54) is 38.7 Å². The molecule has 0 atom stereocenters. The van der Waals surface area contributed by atoms with Gasteiger partial charge in [0.05, 0.1) is 13.7 Å². The van der Waals surface area contributed by atoms with E-state index < -0.39 is 10.0 Å². The van der Waals surface area contributed by atoms with Gasteiger partial charge in [-0.25, -0.2) is 13.4 Å². The number of nitrogens with one attached hydrogen (secondary N) is 1. The third-order valence-electron chi connectivity index (χ3n) is 2.71. The van der Waals surface area contributed by atoms with Crippen molar-refractivity contribution in [2.45, 2.75) is 11.4 Å². The molecule has 0 bridgehead atoms. The normalized spacial score (nSPS) is 11.8. The molecule has 0 saturated carbocycles. The van der Waals surface area contributed by atoms with E-state index in [4.69, 9.17) is 10.5 Å². The minimum Gasteiger partial charge on any atom is -0.495 e. The first-order valence-corrected chi connectivity index (χ1v) is 7.13. The molecule has 20 heavy (non-hydrogen) atoms. The second-order valence-electron chi connectivity index (χ2n) is 4.10. The van der Waals surface area contributed by atoms with Crippen LogP contribution in [0.25, 0.3) is 0 Å². The number of nitrogen functional groups attached to an aromatic ring is 1. The third kappa shape index (κ3) is 2.73. The fraction of sp³-hybridized carbons (Fsp3) is 0.273. The summed E-state index contributed by atoms with van der Waals surface area (Å²) in [4.78, 5) is 3.95. The van der Waals surface area contributed by atoms with E-state index in [0.29, 0.717) is 11.5 Å². The smallest absolute Gasteiger partial charge is 0.246 e. The molecule has 0 fully saturated rings. The number of hydrogen-bond donors (Lipinski definition) is 2. The van der Waals surface area contributed by atoms with E-state index in [9.17, 15) is 8.42 Å². The highest BCUT2D eigenvalue weighted by Crippen LogP contribution is 2.28. The molecule has 1 aromatic carbocycles. The average Bonchev–Trinajstić information content (AvgIpc) is 2.91. The van der Waals surface area contributed by atoms with Crippen LogP contribution in [-0.4, -0.2) is 42.1 Å². The molecule has 2 rings (SSSR count). The Morgan fingerprint density at radius 3 is 2.80 bits per heavy atom. The van der Waals surface area contributed by atoms with Crippen molar-refractivity contribution in [2.24, 2.45) is 0 Å². The average molecular weight is 297 g/mol. The van der Waals surface area contributed by atoms with Gasteiger partial charge in [-0.05, 0) is 12.1 Å². The predicted molar refractivity (Wildman–Crippen MR) is 72.4 cm³/mol. The molecule has 0 aliphatic heterocycles.